The molecular formula is C31H29N7O3S. The molecule has 10 nitrogen and oxygen atoms in total. The number of anilines is 2. The SMILES string of the molecule is CN(C(=O)c1ccccc1)c1ccc2c(c1)nc(NC(=O)c1csc(-c3ccncc3)n1)n2CCCN1CCCC1=O. The monoisotopic (exact) mass is 579 g/mol. The van der Waals surface area contributed by atoms with Crippen LogP contribution < -0.4 is 10.2 Å². The van der Waals surface area contributed by atoms with Gasteiger partial charge in [-0.05, 0) is 55.3 Å². The maximum atomic E-state index is 13.3. The molecule has 1 fully saturated rings. The van der Waals surface area contributed by atoms with Crippen molar-refractivity contribution >= 4 is 51.7 Å². The smallest absolute Gasteiger partial charge is 0.277 e. The molecule has 0 aliphatic carbocycles. The number of carbonyl (C=O) groups is 3. The number of fused-ring (bicyclic) bond motifs is 1. The van der Waals surface area contributed by atoms with E-state index in [1.165, 1.54) is 11.3 Å². The molecule has 5 aromatic rings. The second kappa shape index (κ2) is 11.9. The van der Waals surface area contributed by atoms with Gasteiger partial charge in [-0.25, -0.2) is 9.97 Å². The fourth-order valence-electron chi connectivity index (χ4n) is 5.07. The number of aryl methyl sites for hydroxylation is 1. The van der Waals surface area contributed by atoms with Crippen LogP contribution in [0.1, 0.15) is 40.1 Å². The Morgan fingerprint density at radius 3 is 2.60 bits per heavy atom. The highest BCUT2D eigenvalue weighted by molar-refractivity contribution is 7.13. The number of nitrogens with zero attached hydrogens (tertiary/aromatic N) is 6. The predicted octanol–water partition coefficient (Wildman–Crippen LogP) is 5.10. The zero-order valence-corrected chi connectivity index (χ0v) is 23.9. The van der Waals surface area contributed by atoms with Crippen LogP contribution in [0.2, 0.25) is 0 Å². The fraction of sp³-hybridized carbons (Fsp3) is 0.226. The molecule has 1 N–H and O–H groups in total. The Balaban J connectivity index is 1.27. The van der Waals surface area contributed by atoms with Crippen LogP contribution in [-0.2, 0) is 11.3 Å². The van der Waals surface area contributed by atoms with Crippen LogP contribution in [0.4, 0.5) is 11.6 Å². The van der Waals surface area contributed by atoms with E-state index >= 15 is 0 Å². The molecule has 0 saturated carbocycles. The van der Waals surface area contributed by atoms with Gasteiger partial charge in [0.15, 0.2) is 0 Å². The third kappa shape index (κ3) is 5.64. The van der Waals surface area contributed by atoms with Crippen molar-refractivity contribution in [3.8, 4) is 10.6 Å². The first kappa shape index (κ1) is 27.3. The number of benzene rings is 2. The van der Waals surface area contributed by atoms with E-state index < -0.39 is 0 Å². The summed E-state index contributed by atoms with van der Waals surface area (Å²) in [6.45, 7) is 1.97. The molecule has 1 aliphatic rings. The summed E-state index contributed by atoms with van der Waals surface area (Å²) in [5, 5.41) is 5.39. The Morgan fingerprint density at radius 1 is 1.02 bits per heavy atom. The molecule has 0 atom stereocenters. The molecule has 0 unspecified atom stereocenters. The molecule has 212 valence electrons. The third-order valence-electron chi connectivity index (χ3n) is 7.32. The molecule has 3 aromatic heterocycles. The lowest BCUT2D eigenvalue weighted by Crippen LogP contribution is -2.26. The van der Waals surface area contributed by atoms with Gasteiger partial charge in [-0.2, -0.15) is 0 Å². The van der Waals surface area contributed by atoms with Gasteiger partial charge >= 0.3 is 0 Å². The largest absolute Gasteiger partial charge is 0.343 e. The summed E-state index contributed by atoms with van der Waals surface area (Å²) in [4.78, 5) is 55.3. The zero-order chi connectivity index (χ0) is 29.1. The first-order valence-corrected chi connectivity index (χ1v) is 14.6. The first-order valence-electron chi connectivity index (χ1n) is 13.8. The average molecular weight is 580 g/mol. The van der Waals surface area contributed by atoms with Gasteiger partial charge in [0.05, 0.1) is 11.0 Å². The predicted molar refractivity (Wildman–Crippen MR) is 163 cm³/mol. The van der Waals surface area contributed by atoms with Crippen molar-refractivity contribution in [2.24, 2.45) is 0 Å². The van der Waals surface area contributed by atoms with Crippen LogP contribution in [0.25, 0.3) is 21.6 Å². The van der Waals surface area contributed by atoms with Crippen LogP contribution in [0.15, 0.2) is 78.4 Å². The van der Waals surface area contributed by atoms with Crippen molar-refractivity contribution in [2.45, 2.75) is 25.8 Å². The number of imidazole rings is 1. The molecule has 6 rings (SSSR count). The normalized spacial score (nSPS) is 13.1. The summed E-state index contributed by atoms with van der Waals surface area (Å²) < 4.78 is 1.95. The van der Waals surface area contributed by atoms with Crippen molar-refractivity contribution in [3.05, 3.63) is 89.7 Å². The lowest BCUT2D eigenvalue weighted by Gasteiger charge is -2.18. The summed E-state index contributed by atoms with van der Waals surface area (Å²) >= 11 is 1.38. The molecule has 2 aromatic carbocycles. The van der Waals surface area contributed by atoms with E-state index in [0.717, 1.165) is 29.1 Å². The van der Waals surface area contributed by atoms with Crippen LogP contribution in [0, 0.1) is 0 Å². The van der Waals surface area contributed by atoms with Gasteiger partial charge in [0, 0.05) is 67.7 Å². The number of pyridine rings is 1. The summed E-state index contributed by atoms with van der Waals surface area (Å²) in [6.07, 6.45) is 5.57. The zero-order valence-electron chi connectivity index (χ0n) is 23.1. The first-order chi connectivity index (χ1) is 20.5. The van der Waals surface area contributed by atoms with Crippen molar-refractivity contribution in [1.29, 1.82) is 0 Å². The minimum atomic E-state index is -0.366. The highest BCUT2D eigenvalue weighted by atomic mass is 32.1. The fourth-order valence-corrected chi connectivity index (χ4v) is 5.88. The Labute approximate surface area is 246 Å². The van der Waals surface area contributed by atoms with Gasteiger partial charge in [-0.15, -0.1) is 11.3 Å². The third-order valence-corrected chi connectivity index (χ3v) is 8.21. The molecule has 42 heavy (non-hydrogen) atoms. The number of aromatic nitrogens is 4. The summed E-state index contributed by atoms with van der Waals surface area (Å²) in [5.74, 6) is 0.0693. The molecule has 3 amide bonds. The number of likely N-dealkylation sites (tertiary alicyclic amines) is 1. The van der Waals surface area contributed by atoms with E-state index in [1.807, 2.05) is 58.0 Å². The van der Waals surface area contributed by atoms with Gasteiger partial charge in [-0.3, -0.25) is 24.7 Å². The number of amides is 3. The van der Waals surface area contributed by atoms with Crippen molar-refractivity contribution in [1.82, 2.24) is 24.4 Å². The van der Waals surface area contributed by atoms with Crippen molar-refractivity contribution < 1.29 is 14.4 Å². The van der Waals surface area contributed by atoms with Gasteiger partial charge in [0.25, 0.3) is 11.8 Å². The van der Waals surface area contributed by atoms with Crippen LogP contribution in [0.5, 0.6) is 0 Å². The number of rotatable bonds is 9. The minimum Gasteiger partial charge on any atom is -0.343 e. The van der Waals surface area contributed by atoms with Crippen LogP contribution >= 0.6 is 11.3 Å². The Morgan fingerprint density at radius 2 is 1.83 bits per heavy atom. The molecule has 11 heteroatoms. The molecule has 1 aliphatic heterocycles. The average Bonchev–Trinajstić information content (AvgIpc) is 3.76. The van der Waals surface area contributed by atoms with E-state index in [4.69, 9.17) is 4.98 Å². The van der Waals surface area contributed by atoms with E-state index in [9.17, 15) is 14.4 Å². The second-order valence-corrected chi connectivity index (χ2v) is 10.9. The van der Waals surface area contributed by atoms with Crippen molar-refractivity contribution in [2.75, 3.05) is 30.4 Å². The van der Waals surface area contributed by atoms with E-state index in [2.05, 4.69) is 15.3 Å². The van der Waals surface area contributed by atoms with Crippen molar-refractivity contribution in [3.63, 3.8) is 0 Å². The number of nitrogens with one attached hydrogen (secondary N) is 1. The summed E-state index contributed by atoms with van der Waals surface area (Å²) in [5.41, 5.74) is 3.91. The van der Waals surface area contributed by atoms with Gasteiger partial charge in [-0.1, -0.05) is 18.2 Å². The summed E-state index contributed by atoms with van der Waals surface area (Å²) in [6, 6.07) is 18.4. The van der Waals surface area contributed by atoms with Gasteiger partial charge < -0.3 is 14.4 Å². The Kier molecular flexibility index (Phi) is 7.74. The van der Waals surface area contributed by atoms with Gasteiger partial charge in [0.2, 0.25) is 11.9 Å². The number of thiazole rings is 1. The highest BCUT2D eigenvalue weighted by Gasteiger charge is 2.22. The number of hydrogen-bond donors (Lipinski definition) is 1. The summed E-state index contributed by atoms with van der Waals surface area (Å²) in [7, 11) is 1.73. The number of carbonyl (C=O) groups excluding carboxylic acids is 3. The van der Waals surface area contributed by atoms with E-state index in [1.54, 1.807) is 41.9 Å². The minimum absolute atomic E-state index is 0.133. The molecule has 0 bridgehead atoms. The Hall–Kier alpha value is -4.90. The standard InChI is InChI=1S/C31H29N7O3S/c1-36(30(41)22-7-3-2-4-8-22)23-10-11-26-24(19-23)34-31(38(26)18-6-17-37-16-5-9-27(37)39)35-28(40)25-20-42-29(33-25)21-12-14-32-15-13-21/h2-4,7-8,10-15,19-20H,5-6,9,16-18H2,1H3,(H,34,35,40). The molecule has 1 saturated heterocycles. The number of hydrogen-bond acceptors (Lipinski definition) is 7. The second-order valence-electron chi connectivity index (χ2n) is 10.1. The lowest BCUT2D eigenvalue weighted by atomic mass is 10.2. The maximum absolute atomic E-state index is 13.3. The topological polar surface area (TPSA) is 113 Å². The molecule has 4 heterocycles. The quantitative estimate of drug-likeness (QED) is 0.260. The van der Waals surface area contributed by atoms with Crippen LogP contribution in [-0.4, -0.2) is 62.3 Å². The highest BCUT2D eigenvalue weighted by Crippen LogP contribution is 2.28. The molecule has 0 spiro atoms. The Bertz CT molecular complexity index is 1750. The van der Waals surface area contributed by atoms with E-state index in [0.29, 0.717) is 54.3 Å². The van der Waals surface area contributed by atoms with E-state index in [-0.39, 0.29) is 17.7 Å². The lowest BCUT2D eigenvalue weighted by molar-refractivity contribution is -0.127. The van der Waals surface area contributed by atoms with Gasteiger partial charge in [0.1, 0.15) is 10.7 Å². The molecule has 0 radical (unpaired) electrons. The van der Waals surface area contributed by atoms with Crippen LogP contribution in [0.3, 0.4) is 0 Å². The molecular weight excluding hydrogens is 550 g/mol. The maximum Gasteiger partial charge on any atom is 0.277 e.